The molecule has 14 heteroatoms. The van der Waals surface area contributed by atoms with Crippen LogP contribution < -0.4 is 10.2 Å². The smallest absolute Gasteiger partial charge is 0.418 e. The van der Waals surface area contributed by atoms with Gasteiger partial charge in [-0.3, -0.25) is 24.9 Å². The molecule has 0 saturated heterocycles. The molecule has 4 aromatic heterocycles. The fourth-order valence-electron chi connectivity index (χ4n) is 7.52. The summed E-state index contributed by atoms with van der Waals surface area (Å²) in [6, 6.07) is 4.54. The summed E-state index contributed by atoms with van der Waals surface area (Å²) < 4.78 is 48.1. The molecule has 3 aliphatic rings. The van der Waals surface area contributed by atoms with Crippen molar-refractivity contribution >= 4 is 34.7 Å². The number of carboxylic acids is 1. The molecule has 4 heterocycles. The molecule has 258 valence electrons. The molecule has 0 aromatic carbocycles. The van der Waals surface area contributed by atoms with E-state index >= 15 is 0 Å². The third-order valence-corrected chi connectivity index (χ3v) is 10.1. The molecule has 2 saturated carbocycles. The number of carbonyl (C=O) groups excluding carboxylic acids is 1. The molecule has 0 bridgehead atoms. The van der Waals surface area contributed by atoms with Crippen LogP contribution in [0.3, 0.4) is 0 Å². The number of H-pyrrole nitrogens is 1. The Morgan fingerprint density at radius 2 is 1.86 bits per heavy atom. The maximum absolute atomic E-state index is 14.2. The van der Waals surface area contributed by atoms with Crippen LogP contribution in [0.1, 0.15) is 83.7 Å². The molecule has 3 N–H and O–H groups in total. The van der Waals surface area contributed by atoms with Crippen LogP contribution in [0.5, 0.6) is 0 Å². The van der Waals surface area contributed by atoms with Crippen molar-refractivity contribution in [1.29, 1.82) is 0 Å². The van der Waals surface area contributed by atoms with Gasteiger partial charge in [0.25, 0.3) is 5.91 Å². The zero-order chi connectivity index (χ0) is 34.5. The predicted molar refractivity (Wildman–Crippen MR) is 175 cm³/mol. The van der Waals surface area contributed by atoms with Gasteiger partial charge in [-0.05, 0) is 74.3 Å². The first-order chi connectivity index (χ1) is 23.4. The number of pyridine rings is 3. The molecule has 2 fully saturated rings. The number of rotatable bonds is 10. The lowest BCUT2D eigenvalue weighted by atomic mass is 9.84. The molecular formula is C35H38F3N7O4. The zero-order valence-electron chi connectivity index (χ0n) is 27.4. The van der Waals surface area contributed by atoms with E-state index in [1.54, 1.807) is 25.4 Å². The zero-order valence-corrected chi connectivity index (χ0v) is 27.4. The molecule has 3 aliphatic carbocycles. The molecule has 1 amide bonds. The van der Waals surface area contributed by atoms with Crippen molar-refractivity contribution in [2.75, 3.05) is 37.5 Å². The number of hydrogen-bond acceptors (Lipinski definition) is 8. The van der Waals surface area contributed by atoms with Gasteiger partial charge in [0.2, 0.25) is 5.95 Å². The molecule has 0 aliphatic heterocycles. The molecule has 49 heavy (non-hydrogen) atoms. The Balaban J connectivity index is 1.24. The number of hydrogen-bond donors (Lipinski definition) is 3. The Morgan fingerprint density at radius 3 is 2.55 bits per heavy atom. The number of ether oxygens (including phenoxy) is 1. The number of imidazole rings is 1. The summed E-state index contributed by atoms with van der Waals surface area (Å²) in [5.74, 6) is -1.91. The molecule has 11 nitrogen and oxygen atoms in total. The number of aryl methyl sites for hydroxylation is 1. The van der Waals surface area contributed by atoms with Crippen molar-refractivity contribution in [2.24, 2.45) is 11.3 Å². The van der Waals surface area contributed by atoms with Gasteiger partial charge in [0, 0.05) is 50.0 Å². The number of carboxylic acid groups (broad SMARTS) is 1. The van der Waals surface area contributed by atoms with Crippen molar-refractivity contribution in [3.63, 3.8) is 0 Å². The van der Waals surface area contributed by atoms with Crippen LogP contribution in [0, 0.1) is 11.3 Å². The first-order valence-electron chi connectivity index (χ1n) is 16.6. The Bertz CT molecular complexity index is 1920. The fourth-order valence-corrected chi connectivity index (χ4v) is 7.52. The summed E-state index contributed by atoms with van der Waals surface area (Å²) >= 11 is 0. The van der Waals surface area contributed by atoms with Gasteiger partial charge >= 0.3 is 12.1 Å². The van der Waals surface area contributed by atoms with Crippen LogP contribution in [-0.2, 0) is 28.5 Å². The first kappa shape index (κ1) is 32.9. The number of amides is 1. The Kier molecular flexibility index (Phi) is 8.54. The number of aliphatic carboxylic acids is 1. The predicted octanol–water partition coefficient (Wildman–Crippen LogP) is 6.40. The Hall–Kier alpha value is -4.59. The number of fused-ring (bicyclic) bond motifs is 2. The van der Waals surface area contributed by atoms with E-state index in [1.807, 2.05) is 11.9 Å². The number of anilines is 2. The number of nitrogens with zero attached hydrogens (tertiary/aromatic N) is 5. The number of aromatic amines is 1. The van der Waals surface area contributed by atoms with Crippen LogP contribution >= 0.6 is 0 Å². The Morgan fingerprint density at radius 1 is 1.08 bits per heavy atom. The number of halogens is 3. The van der Waals surface area contributed by atoms with E-state index in [-0.39, 0.29) is 45.6 Å². The van der Waals surface area contributed by atoms with E-state index in [1.165, 1.54) is 6.20 Å². The van der Waals surface area contributed by atoms with Crippen LogP contribution in [-0.4, -0.2) is 69.2 Å². The lowest BCUT2D eigenvalue weighted by Crippen LogP contribution is -2.37. The second-order valence-electron chi connectivity index (χ2n) is 13.8. The quantitative estimate of drug-likeness (QED) is 0.174. The highest BCUT2D eigenvalue weighted by molar-refractivity contribution is 6.03. The number of alkyl halides is 3. The minimum atomic E-state index is -4.56. The average molecular weight is 678 g/mol. The van der Waals surface area contributed by atoms with Gasteiger partial charge in [-0.1, -0.05) is 12.8 Å². The second kappa shape index (κ2) is 12.7. The van der Waals surface area contributed by atoms with Crippen molar-refractivity contribution in [1.82, 2.24) is 24.9 Å². The molecule has 1 unspecified atom stereocenters. The fraction of sp³-hybridized carbons (Fsp3) is 0.486. The highest BCUT2D eigenvalue weighted by atomic mass is 19.4. The number of nitrogens with one attached hydrogen (secondary N) is 2. The third kappa shape index (κ3) is 6.70. The van der Waals surface area contributed by atoms with E-state index in [0.717, 1.165) is 42.9 Å². The van der Waals surface area contributed by atoms with Gasteiger partial charge < -0.3 is 19.7 Å². The number of aromatic nitrogens is 5. The molecule has 0 radical (unpaired) electrons. The maximum atomic E-state index is 14.2. The van der Waals surface area contributed by atoms with Crippen LogP contribution in [0.4, 0.5) is 24.8 Å². The van der Waals surface area contributed by atoms with E-state index < -0.39 is 29.5 Å². The second-order valence-corrected chi connectivity index (χ2v) is 13.8. The summed E-state index contributed by atoms with van der Waals surface area (Å²) in [4.78, 5) is 47.8. The van der Waals surface area contributed by atoms with Gasteiger partial charge in [0.1, 0.15) is 11.2 Å². The normalized spacial score (nSPS) is 18.8. The van der Waals surface area contributed by atoms with Gasteiger partial charge in [-0.2, -0.15) is 18.2 Å². The monoisotopic (exact) mass is 677 g/mol. The van der Waals surface area contributed by atoms with Gasteiger partial charge in [0.05, 0.1) is 35.2 Å². The number of methoxy groups -OCH3 is 1. The average Bonchev–Trinajstić information content (AvgIpc) is 3.69. The van der Waals surface area contributed by atoms with E-state index in [0.29, 0.717) is 56.5 Å². The van der Waals surface area contributed by atoms with Crippen molar-refractivity contribution < 1.29 is 32.6 Å². The highest BCUT2D eigenvalue weighted by Crippen LogP contribution is 2.46. The summed E-state index contributed by atoms with van der Waals surface area (Å²) in [6.45, 7) is 1.21. The molecule has 1 atom stereocenters. The largest absolute Gasteiger partial charge is 0.481 e. The van der Waals surface area contributed by atoms with Crippen molar-refractivity contribution in [2.45, 2.75) is 69.9 Å². The summed E-state index contributed by atoms with van der Waals surface area (Å²) in [7, 11) is 3.61. The third-order valence-electron chi connectivity index (χ3n) is 10.1. The Labute approximate surface area is 280 Å². The van der Waals surface area contributed by atoms with Crippen molar-refractivity contribution in [3.05, 3.63) is 58.7 Å². The lowest BCUT2D eigenvalue weighted by Gasteiger charge is -2.34. The summed E-state index contributed by atoms with van der Waals surface area (Å²) in [6.07, 6.45) is 5.33. The molecular weight excluding hydrogens is 639 g/mol. The highest BCUT2D eigenvalue weighted by Gasteiger charge is 2.40. The first-order valence-corrected chi connectivity index (χ1v) is 16.6. The minimum absolute atomic E-state index is 0.0691. The lowest BCUT2D eigenvalue weighted by molar-refractivity contribution is -0.142. The van der Waals surface area contributed by atoms with E-state index in [4.69, 9.17) is 4.74 Å². The van der Waals surface area contributed by atoms with Crippen molar-refractivity contribution in [3.8, 4) is 11.3 Å². The van der Waals surface area contributed by atoms with Crippen LogP contribution in [0.25, 0.3) is 22.4 Å². The summed E-state index contributed by atoms with van der Waals surface area (Å²) in [5.41, 5.74) is 2.98. The summed E-state index contributed by atoms with van der Waals surface area (Å²) in [5, 5.41) is 12.2. The van der Waals surface area contributed by atoms with Crippen LogP contribution in [0.15, 0.2) is 30.6 Å². The topological polar surface area (TPSA) is 146 Å². The molecule has 0 spiro atoms. The standard InChI is InChI=1S/C35H38F3N7O4/c1-45(17-34(18-49-2)9-3-4-10-34)27-14-25(23-12-24(35(36,37)38)28(40-16-23)19-5-6-19)41-30-29(27)42-33(43-30)44-31(46)26-13-20-7-8-21(32(47)48)11-22(20)15-39-26/h12-16,19,21H,3-11,17-18H2,1-2H3,(H,47,48)(H2,41,42,43,44,46). The maximum Gasteiger partial charge on any atom is 0.418 e. The molecule has 4 aromatic rings. The SMILES string of the molecule is COCC1(CN(C)c2cc(-c3cnc(C4CC4)c(C(F)(F)F)c3)nc3nc(NC(=O)c4cc5c(cn4)CC(C(=O)O)CC5)[nH]c23)CCCC1. The van der Waals surface area contributed by atoms with Crippen LogP contribution in [0.2, 0.25) is 0 Å². The minimum Gasteiger partial charge on any atom is -0.481 e. The van der Waals surface area contributed by atoms with E-state index in [9.17, 15) is 27.9 Å². The van der Waals surface area contributed by atoms with Gasteiger partial charge in [0.15, 0.2) is 5.65 Å². The van der Waals surface area contributed by atoms with Gasteiger partial charge in [-0.25, -0.2) is 4.98 Å². The van der Waals surface area contributed by atoms with E-state index in [2.05, 4.69) is 30.2 Å². The van der Waals surface area contributed by atoms with Gasteiger partial charge in [-0.15, -0.1) is 0 Å². The number of carbonyl (C=O) groups is 2. The molecule has 7 rings (SSSR count).